The second kappa shape index (κ2) is 14.3. The van der Waals surface area contributed by atoms with Gasteiger partial charge in [-0.3, -0.25) is 0 Å². The van der Waals surface area contributed by atoms with Gasteiger partial charge >= 0.3 is 0 Å². The summed E-state index contributed by atoms with van der Waals surface area (Å²) in [5, 5.41) is 31.2. The Bertz CT molecular complexity index is 5240. The Balaban J connectivity index is 0.903. The molecule has 0 aliphatic heterocycles. The van der Waals surface area contributed by atoms with Gasteiger partial charge in [-0.2, -0.15) is 0 Å². The van der Waals surface area contributed by atoms with Crippen LogP contribution >= 0.6 is 0 Å². The van der Waals surface area contributed by atoms with Crippen molar-refractivity contribution in [3.05, 3.63) is 218 Å². The third-order valence-corrected chi connectivity index (χ3v) is 18.8. The first-order valence-electron chi connectivity index (χ1n) is 27.3. The van der Waals surface area contributed by atoms with E-state index >= 15 is 0 Å². The minimum atomic E-state index is 1.23. The Labute approximate surface area is 446 Å². The van der Waals surface area contributed by atoms with Crippen LogP contribution in [0.5, 0.6) is 0 Å². The number of hydrogen-bond acceptors (Lipinski definition) is 0. The smallest absolute Gasteiger partial charge is 0.0612 e. The van der Waals surface area contributed by atoms with E-state index < -0.39 is 0 Å². The van der Waals surface area contributed by atoms with Crippen LogP contribution in [-0.2, 0) is 21.1 Å². The van der Waals surface area contributed by atoms with Gasteiger partial charge in [0.15, 0.2) is 0 Å². The van der Waals surface area contributed by atoms with E-state index in [0.717, 1.165) is 0 Å². The van der Waals surface area contributed by atoms with Crippen LogP contribution in [0.4, 0.5) is 0 Å². The number of nitrogens with zero attached hydrogens (tertiary/aromatic N) is 3. The van der Waals surface area contributed by atoms with Crippen molar-refractivity contribution >= 4 is 162 Å². The summed E-state index contributed by atoms with van der Waals surface area (Å²) in [4.78, 5) is 0. The predicted octanol–water partition coefficient (Wildman–Crippen LogP) is 20.3. The first-order valence-corrected chi connectivity index (χ1v) is 27.3. The van der Waals surface area contributed by atoms with Gasteiger partial charge in [0.1, 0.15) is 0 Å². The molecule has 0 spiro atoms. The molecular formula is C75H45N3. The van der Waals surface area contributed by atoms with Crippen molar-refractivity contribution in [3.8, 4) is 33.4 Å². The van der Waals surface area contributed by atoms with E-state index in [1.807, 2.05) is 0 Å². The Morgan fingerprint density at radius 3 is 0.718 bits per heavy atom. The SMILES string of the molecule is Cn1c2cc(-c3ccc4ccc5cccc6ccc3c4c56)ccc2c2c1c1c3ccc(-c4ccc5ccc6cccc7ccc4c5c67)cc3n(C)c1c1c3ccc(-c4ccc5ccc6cccc7ccc4c5c67)cc3n(C)c21. The van der Waals surface area contributed by atoms with Crippen molar-refractivity contribution in [1.29, 1.82) is 0 Å². The highest BCUT2D eigenvalue weighted by Gasteiger charge is 2.27. The van der Waals surface area contributed by atoms with Gasteiger partial charge < -0.3 is 13.7 Å². The fourth-order valence-electron chi connectivity index (χ4n) is 15.4. The van der Waals surface area contributed by atoms with Gasteiger partial charge in [0.05, 0.1) is 16.6 Å². The van der Waals surface area contributed by atoms with Crippen LogP contribution in [0.3, 0.4) is 0 Å². The standard InChI is InChI=1S/C75H45N3/c1-76-61-37-49(52-28-19-46-16-13-40-7-4-10-43-22-31-55(52)67(46)64(40)43)25-34-58(61)70-73(76)71-59-35-26-50(53-29-20-47-17-14-41-8-5-11-44-23-32-56(53)68(47)65(41)44)38-62(59)77(2)75(71)72-60-36-27-51(39-63(60)78(3)74(70)72)54-30-21-48-18-15-42-9-6-12-45-24-33-57(54)69(48)66(42)45/h4-39H,1-3H3. The van der Waals surface area contributed by atoms with Gasteiger partial charge in [-0.25, -0.2) is 0 Å². The molecule has 0 saturated carbocycles. The average Bonchev–Trinajstić information content (AvgIpc) is 4.28. The van der Waals surface area contributed by atoms with Gasteiger partial charge in [-0.15, -0.1) is 0 Å². The molecule has 3 heteroatoms. The number of aryl methyl sites for hydroxylation is 3. The van der Waals surface area contributed by atoms with Crippen molar-refractivity contribution in [2.45, 2.75) is 0 Å². The molecule has 19 rings (SSSR count). The third-order valence-electron chi connectivity index (χ3n) is 18.8. The zero-order valence-electron chi connectivity index (χ0n) is 43.1. The molecule has 0 N–H and O–H groups in total. The van der Waals surface area contributed by atoms with Gasteiger partial charge in [0.25, 0.3) is 0 Å². The molecular weight excluding hydrogens is 943 g/mol. The molecule has 0 aliphatic rings. The topological polar surface area (TPSA) is 14.8 Å². The molecule has 78 heavy (non-hydrogen) atoms. The number of fused-ring (bicyclic) bond motifs is 12. The largest absolute Gasteiger partial charge is 0.343 e. The summed E-state index contributed by atoms with van der Waals surface area (Å²) in [6.07, 6.45) is 0. The maximum absolute atomic E-state index is 2.51. The number of aromatic nitrogens is 3. The lowest BCUT2D eigenvalue weighted by atomic mass is 9.89. The molecule has 0 radical (unpaired) electrons. The fourth-order valence-corrected chi connectivity index (χ4v) is 15.4. The lowest BCUT2D eigenvalue weighted by Gasteiger charge is -2.14. The molecule has 360 valence electrons. The van der Waals surface area contributed by atoms with Crippen molar-refractivity contribution in [2.24, 2.45) is 21.1 Å². The summed E-state index contributed by atoms with van der Waals surface area (Å²) in [5.74, 6) is 0. The average molecular weight is 988 g/mol. The van der Waals surface area contributed by atoms with E-state index in [-0.39, 0.29) is 0 Å². The number of benzene rings is 16. The van der Waals surface area contributed by atoms with E-state index in [1.54, 1.807) is 0 Å². The molecule has 3 aromatic heterocycles. The highest BCUT2D eigenvalue weighted by molar-refractivity contribution is 6.40. The minimum Gasteiger partial charge on any atom is -0.343 e. The molecule has 0 bridgehead atoms. The Morgan fingerprint density at radius 2 is 0.436 bits per heavy atom. The van der Waals surface area contributed by atoms with Crippen LogP contribution in [-0.4, -0.2) is 13.7 Å². The summed E-state index contributed by atoms with van der Waals surface area (Å²) in [7, 11) is 6.91. The van der Waals surface area contributed by atoms with Gasteiger partial charge in [-0.05, 0) is 149 Å². The molecule has 0 saturated heterocycles. The number of hydrogen-bond donors (Lipinski definition) is 0. The van der Waals surface area contributed by atoms with E-state index in [2.05, 4.69) is 253 Å². The molecule has 3 heterocycles. The summed E-state index contributed by atoms with van der Waals surface area (Å²) in [5.41, 5.74) is 14.9. The van der Waals surface area contributed by atoms with Crippen LogP contribution in [0.15, 0.2) is 218 Å². The summed E-state index contributed by atoms with van der Waals surface area (Å²) < 4.78 is 7.52. The zero-order valence-corrected chi connectivity index (χ0v) is 43.1. The van der Waals surface area contributed by atoms with Crippen LogP contribution in [0, 0.1) is 0 Å². The Morgan fingerprint density at radius 1 is 0.205 bits per heavy atom. The van der Waals surface area contributed by atoms with Crippen molar-refractivity contribution in [1.82, 2.24) is 13.7 Å². The predicted molar refractivity (Wildman–Crippen MR) is 336 cm³/mol. The second-order valence-electron chi connectivity index (χ2n) is 22.5. The normalized spacial score (nSPS) is 12.8. The highest BCUT2D eigenvalue weighted by atomic mass is 15.0. The van der Waals surface area contributed by atoms with Crippen molar-refractivity contribution in [3.63, 3.8) is 0 Å². The van der Waals surface area contributed by atoms with E-state index in [0.29, 0.717) is 0 Å². The van der Waals surface area contributed by atoms with E-state index in [4.69, 9.17) is 0 Å². The van der Waals surface area contributed by atoms with Crippen LogP contribution in [0.25, 0.3) is 196 Å². The quantitative estimate of drug-likeness (QED) is 0.157. The lowest BCUT2D eigenvalue weighted by molar-refractivity contribution is 1.01. The fraction of sp³-hybridized carbons (Fsp3) is 0.0400. The van der Waals surface area contributed by atoms with E-state index in [1.165, 1.54) is 196 Å². The zero-order chi connectivity index (χ0) is 51.0. The van der Waals surface area contributed by atoms with E-state index in [9.17, 15) is 0 Å². The van der Waals surface area contributed by atoms with Gasteiger partial charge in [-0.1, -0.05) is 200 Å². The molecule has 0 fully saturated rings. The second-order valence-corrected chi connectivity index (χ2v) is 22.5. The highest BCUT2D eigenvalue weighted by Crippen LogP contribution is 2.51. The summed E-state index contributed by atoms with van der Waals surface area (Å²) >= 11 is 0. The molecule has 19 aromatic rings. The molecule has 0 amide bonds. The minimum absolute atomic E-state index is 1.23. The molecule has 0 unspecified atom stereocenters. The first-order chi connectivity index (χ1) is 38.4. The molecule has 16 aromatic carbocycles. The van der Waals surface area contributed by atoms with Gasteiger partial charge in [0, 0.05) is 70.0 Å². The van der Waals surface area contributed by atoms with Crippen LogP contribution < -0.4 is 0 Å². The maximum atomic E-state index is 2.51. The molecule has 0 aliphatic carbocycles. The first kappa shape index (κ1) is 41.3. The Hall–Kier alpha value is -9.96. The monoisotopic (exact) mass is 987 g/mol. The third kappa shape index (κ3) is 5.01. The van der Waals surface area contributed by atoms with Crippen LogP contribution in [0.1, 0.15) is 0 Å². The van der Waals surface area contributed by atoms with Gasteiger partial charge in [0.2, 0.25) is 0 Å². The van der Waals surface area contributed by atoms with Crippen LogP contribution in [0.2, 0.25) is 0 Å². The summed E-state index contributed by atoms with van der Waals surface area (Å²) in [6.45, 7) is 0. The maximum Gasteiger partial charge on any atom is 0.0612 e. The molecule has 0 atom stereocenters. The summed E-state index contributed by atoms with van der Waals surface area (Å²) in [6, 6.07) is 83.4. The molecule has 3 nitrogen and oxygen atoms in total. The van der Waals surface area contributed by atoms with Crippen molar-refractivity contribution in [2.75, 3.05) is 0 Å². The number of rotatable bonds is 3. The van der Waals surface area contributed by atoms with Crippen molar-refractivity contribution < 1.29 is 0 Å². The Kier molecular flexibility index (Phi) is 7.57. The lowest BCUT2D eigenvalue weighted by Crippen LogP contribution is -1.93.